The van der Waals surface area contributed by atoms with Crippen molar-refractivity contribution in [3.63, 3.8) is 0 Å². The molecule has 0 saturated carbocycles. The molecule has 2 N–H and O–H groups in total. The summed E-state index contributed by atoms with van der Waals surface area (Å²) in [5, 5.41) is 10.8. The normalized spacial score (nSPS) is 15.3. The lowest BCUT2D eigenvalue weighted by atomic mass is 9.87. The van der Waals surface area contributed by atoms with Crippen molar-refractivity contribution in [3.05, 3.63) is 76.3 Å². The van der Waals surface area contributed by atoms with E-state index in [2.05, 4.69) is 9.71 Å². The minimum Gasteiger partial charge on any atom is -0.342 e. The largest absolute Gasteiger partial charge is 0.342 e. The molecule has 1 saturated heterocycles. The summed E-state index contributed by atoms with van der Waals surface area (Å²) in [6, 6.07) is 13.4. The Morgan fingerprint density at radius 2 is 1.81 bits per heavy atom. The molecule has 188 valence electrons. The van der Waals surface area contributed by atoms with E-state index < -0.39 is 21.7 Å². The number of carbonyl (C=O) groups is 2. The summed E-state index contributed by atoms with van der Waals surface area (Å²) in [5.74, 6) is -1.83. The zero-order valence-corrected chi connectivity index (χ0v) is 21.9. The molecule has 2 heterocycles. The number of ketones is 1. The van der Waals surface area contributed by atoms with Gasteiger partial charge in [-0.2, -0.15) is 0 Å². The summed E-state index contributed by atoms with van der Waals surface area (Å²) in [5.41, 5.74) is 1.27. The molecule has 36 heavy (non-hydrogen) atoms. The number of Topliss-reactive ketones (excluding diaryl/α,β-unsaturated/α-hetero) is 1. The van der Waals surface area contributed by atoms with Crippen LogP contribution in [0.3, 0.4) is 0 Å². The monoisotopic (exact) mass is 544 g/mol. The Labute approximate surface area is 218 Å². The van der Waals surface area contributed by atoms with Gasteiger partial charge in [-0.3, -0.25) is 14.3 Å². The van der Waals surface area contributed by atoms with E-state index in [0.29, 0.717) is 41.6 Å². The van der Waals surface area contributed by atoms with Gasteiger partial charge in [0.15, 0.2) is 5.13 Å². The smallest absolute Gasteiger partial charge is 0.263 e. The molecule has 0 aliphatic carbocycles. The topological polar surface area (TPSA) is 120 Å². The van der Waals surface area contributed by atoms with Crippen LogP contribution >= 0.6 is 22.9 Å². The maximum absolute atomic E-state index is 13.2. The summed E-state index contributed by atoms with van der Waals surface area (Å²) in [4.78, 5) is 31.3. The third kappa shape index (κ3) is 5.66. The summed E-state index contributed by atoms with van der Waals surface area (Å²) < 4.78 is 27.6. The number of aromatic nitrogens is 1. The van der Waals surface area contributed by atoms with Crippen molar-refractivity contribution in [2.24, 2.45) is 5.92 Å². The Morgan fingerprint density at radius 3 is 2.39 bits per heavy atom. The summed E-state index contributed by atoms with van der Waals surface area (Å²) in [7, 11) is -3.72. The van der Waals surface area contributed by atoms with Crippen molar-refractivity contribution >= 4 is 55.5 Å². The van der Waals surface area contributed by atoms with E-state index in [0.717, 1.165) is 5.56 Å². The number of carbonyl (C=O) groups excluding carboxylic acids is 2. The van der Waals surface area contributed by atoms with Crippen molar-refractivity contribution in [2.75, 3.05) is 17.8 Å². The van der Waals surface area contributed by atoms with E-state index >= 15 is 0 Å². The SMILES string of the molecule is CC(=O)C(C(=N)c1ccccc1Cl)C(=O)N1CCC(c2ccc(S(=O)(=O)Nc3nccs3)cc2)CC1. The fourth-order valence-electron chi connectivity index (χ4n) is 4.32. The highest BCUT2D eigenvalue weighted by molar-refractivity contribution is 7.93. The lowest BCUT2D eigenvalue weighted by Gasteiger charge is -2.34. The van der Waals surface area contributed by atoms with Gasteiger partial charge in [-0.25, -0.2) is 13.4 Å². The highest BCUT2D eigenvalue weighted by atomic mass is 35.5. The molecule has 0 radical (unpaired) electrons. The van der Waals surface area contributed by atoms with Crippen LogP contribution < -0.4 is 4.72 Å². The predicted octanol–water partition coefficient (Wildman–Crippen LogP) is 4.58. The van der Waals surface area contributed by atoms with E-state index in [9.17, 15) is 18.0 Å². The Kier molecular flexibility index (Phi) is 7.87. The average Bonchev–Trinajstić information content (AvgIpc) is 3.36. The van der Waals surface area contributed by atoms with Gasteiger partial charge in [-0.05, 0) is 49.4 Å². The van der Waals surface area contributed by atoms with Crippen LogP contribution in [0.25, 0.3) is 0 Å². The highest BCUT2D eigenvalue weighted by Gasteiger charge is 2.35. The number of amides is 1. The lowest BCUT2D eigenvalue weighted by Crippen LogP contribution is -2.46. The summed E-state index contributed by atoms with van der Waals surface area (Å²) in [6.45, 7) is 2.20. The molecule has 2 aromatic carbocycles. The number of thiazole rings is 1. The number of sulfonamides is 1. The van der Waals surface area contributed by atoms with E-state index in [-0.39, 0.29) is 22.4 Å². The van der Waals surface area contributed by atoms with Gasteiger partial charge in [0, 0.05) is 35.3 Å². The van der Waals surface area contributed by atoms with Gasteiger partial charge in [0.1, 0.15) is 11.7 Å². The molecule has 8 nitrogen and oxygen atoms in total. The second-order valence-corrected chi connectivity index (χ2v) is 11.5. The molecule has 1 aliphatic heterocycles. The molecule has 1 amide bonds. The number of nitrogens with one attached hydrogen (secondary N) is 2. The molecule has 3 aromatic rings. The molecule has 1 fully saturated rings. The first kappa shape index (κ1) is 26.0. The second-order valence-electron chi connectivity index (χ2n) is 8.55. The molecular formula is C25H25ClN4O4S2. The van der Waals surface area contributed by atoms with Crippen molar-refractivity contribution in [1.29, 1.82) is 5.41 Å². The number of nitrogens with zero attached hydrogens (tertiary/aromatic N) is 2. The van der Waals surface area contributed by atoms with Crippen LogP contribution in [0.1, 0.15) is 36.8 Å². The first-order chi connectivity index (χ1) is 17.2. The maximum Gasteiger partial charge on any atom is 0.263 e. The highest BCUT2D eigenvalue weighted by Crippen LogP contribution is 2.30. The van der Waals surface area contributed by atoms with Crippen LogP contribution in [0, 0.1) is 11.3 Å². The molecule has 11 heteroatoms. The fraction of sp³-hybridized carbons (Fsp3) is 0.280. The number of piperidine rings is 1. The minimum absolute atomic E-state index is 0.0941. The van der Waals surface area contributed by atoms with Crippen molar-refractivity contribution < 1.29 is 18.0 Å². The number of anilines is 1. The summed E-state index contributed by atoms with van der Waals surface area (Å²) >= 11 is 7.40. The third-order valence-corrected chi connectivity index (χ3v) is 8.73. The molecule has 1 aromatic heterocycles. The van der Waals surface area contributed by atoms with Gasteiger partial charge >= 0.3 is 0 Å². The standard InChI is InChI=1S/C25H25ClN4O4S2/c1-16(31)22(23(27)20-4-2-3-5-21(20)26)24(32)30-13-10-18(11-14-30)17-6-8-19(9-7-17)36(33,34)29-25-28-12-15-35-25/h2-9,12,15,18,22,27H,10-11,13-14H2,1H3,(H,28,29). The van der Waals surface area contributed by atoms with Crippen molar-refractivity contribution in [1.82, 2.24) is 9.88 Å². The zero-order valence-electron chi connectivity index (χ0n) is 19.5. The van der Waals surface area contributed by atoms with Crippen LogP contribution in [-0.2, 0) is 19.6 Å². The van der Waals surface area contributed by atoms with Crippen LogP contribution in [0.4, 0.5) is 5.13 Å². The molecule has 1 unspecified atom stereocenters. The Balaban J connectivity index is 1.40. The quantitative estimate of drug-likeness (QED) is 0.318. The number of hydrogen-bond acceptors (Lipinski definition) is 7. The fourth-order valence-corrected chi connectivity index (χ4v) is 6.34. The van der Waals surface area contributed by atoms with Gasteiger partial charge < -0.3 is 10.3 Å². The van der Waals surface area contributed by atoms with Gasteiger partial charge in [-0.1, -0.05) is 41.9 Å². The molecule has 0 spiro atoms. The maximum atomic E-state index is 13.2. The third-order valence-electron chi connectivity index (χ3n) is 6.23. The first-order valence-corrected chi connectivity index (χ1v) is 14.1. The Morgan fingerprint density at radius 1 is 1.14 bits per heavy atom. The molecular weight excluding hydrogens is 520 g/mol. The van der Waals surface area contributed by atoms with Gasteiger partial charge in [0.2, 0.25) is 5.91 Å². The number of benzene rings is 2. The number of hydrogen-bond donors (Lipinski definition) is 2. The first-order valence-electron chi connectivity index (χ1n) is 11.3. The molecule has 0 bridgehead atoms. The van der Waals surface area contributed by atoms with Crippen LogP contribution in [0.5, 0.6) is 0 Å². The predicted molar refractivity (Wildman–Crippen MR) is 140 cm³/mol. The van der Waals surface area contributed by atoms with Crippen LogP contribution in [0.15, 0.2) is 65.0 Å². The molecule has 1 atom stereocenters. The van der Waals surface area contributed by atoms with E-state index in [1.54, 1.807) is 58.8 Å². The van der Waals surface area contributed by atoms with E-state index in [4.69, 9.17) is 17.0 Å². The molecule has 1 aliphatic rings. The number of likely N-dealkylation sites (tertiary alicyclic amines) is 1. The van der Waals surface area contributed by atoms with Gasteiger partial charge in [-0.15, -0.1) is 11.3 Å². The average molecular weight is 545 g/mol. The zero-order chi connectivity index (χ0) is 25.9. The number of halogens is 1. The van der Waals surface area contributed by atoms with Gasteiger partial charge in [0.05, 0.1) is 10.6 Å². The van der Waals surface area contributed by atoms with E-state index in [1.165, 1.54) is 24.5 Å². The van der Waals surface area contributed by atoms with Crippen LogP contribution in [-0.4, -0.2) is 48.8 Å². The van der Waals surface area contributed by atoms with E-state index in [1.807, 2.05) is 0 Å². The number of rotatable bonds is 8. The minimum atomic E-state index is -3.72. The molecule has 4 rings (SSSR count). The Bertz CT molecular complexity index is 1370. The van der Waals surface area contributed by atoms with Crippen molar-refractivity contribution in [3.8, 4) is 0 Å². The van der Waals surface area contributed by atoms with Crippen LogP contribution in [0.2, 0.25) is 5.02 Å². The second kappa shape index (κ2) is 10.9. The summed E-state index contributed by atoms with van der Waals surface area (Å²) in [6.07, 6.45) is 2.86. The lowest BCUT2D eigenvalue weighted by molar-refractivity contribution is -0.138. The van der Waals surface area contributed by atoms with Crippen molar-refractivity contribution in [2.45, 2.75) is 30.6 Å². The van der Waals surface area contributed by atoms with Gasteiger partial charge in [0.25, 0.3) is 10.0 Å². The Hall–Kier alpha value is -3.08.